The van der Waals surface area contributed by atoms with Gasteiger partial charge in [-0.3, -0.25) is 4.79 Å². The number of carbonyl (C=O) groups excluding carboxylic acids is 1. The van der Waals surface area contributed by atoms with Crippen molar-refractivity contribution in [3.8, 4) is 0 Å². The van der Waals surface area contributed by atoms with Crippen molar-refractivity contribution < 1.29 is 4.79 Å². The second-order valence-corrected chi connectivity index (χ2v) is 3.34. The summed E-state index contributed by atoms with van der Waals surface area (Å²) in [5, 5.41) is 0. The van der Waals surface area contributed by atoms with Crippen molar-refractivity contribution in [1.29, 1.82) is 0 Å². The fourth-order valence-electron chi connectivity index (χ4n) is 1.28. The Labute approximate surface area is 75.9 Å². The van der Waals surface area contributed by atoms with Gasteiger partial charge in [0.15, 0.2) is 0 Å². The predicted molar refractivity (Wildman–Crippen MR) is 53.1 cm³/mol. The van der Waals surface area contributed by atoms with E-state index in [1.165, 1.54) is 19.3 Å². The molecular weight excluding hydrogens is 148 g/mol. The van der Waals surface area contributed by atoms with Gasteiger partial charge in [-0.15, -0.1) is 0 Å². The van der Waals surface area contributed by atoms with Crippen LogP contribution in [0.15, 0.2) is 11.6 Å². The Hall–Kier alpha value is -0.590. The quantitative estimate of drug-likeness (QED) is 0.439. The van der Waals surface area contributed by atoms with E-state index in [1.807, 2.05) is 6.92 Å². The highest BCUT2D eigenvalue weighted by atomic mass is 16.1. The molecular formula is C11H20O. The Morgan fingerprint density at radius 3 is 2.50 bits per heavy atom. The Morgan fingerprint density at radius 1 is 1.42 bits per heavy atom. The van der Waals surface area contributed by atoms with Gasteiger partial charge in [0.05, 0.1) is 0 Å². The monoisotopic (exact) mass is 168 g/mol. The number of unbranched alkanes of at least 4 members (excludes halogenated alkanes) is 1. The Morgan fingerprint density at radius 2 is 2.08 bits per heavy atom. The average Bonchev–Trinajstić information content (AvgIpc) is 2.11. The molecule has 0 amide bonds. The van der Waals surface area contributed by atoms with E-state index < -0.39 is 0 Å². The highest BCUT2D eigenvalue weighted by Gasteiger charge is 2.01. The molecule has 12 heavy (non-hydrogen) atoms. The highest BCUT2D eigenvalue weighted by Crippen LogP contribution is 2.15. The first-order valence-electron chi connectivity index (χ1n) is 4.88. The summed E-state index contributed by atoms with van der Waals surface area (Å²) >= 11 is 0. The van der Waals surface area contributed by atoms with Crippen molar-refractivity contribution in [1.82, 2.24) is 0 Å². The molecule has 0 aliphatic heterocycles. The van der Waals surface area contributed by atoms with Crippen LogP contribution in [-0.2, 0) is 4.79 Å². The van der Waals surface area contributed by atoms with E-state index in [9.17, 15) is 4.79 Å². The zero-order valence-corrected chi connectivity index (χ0v) is 8.47. The van der Waals surface area contributed by atoms with Crippen LogP contribution in [0.25, 0.3) is 0 Å². The maximum atomic E-state index is 10.4. The third-order valence-corrected chi connectivity index (χ3v) is 2.14. The summed E-state index contributed by atoms with van der Waals surface area (Å²) in [4.78, 5) is 10.4. The van der Waals surface area contributed by atoms with Crippen LogP contribution in [0.3, 0.4) is 0 Å². The second kappa shape index (κ2) is 7.08. The van der Waals surface area contributed by atoms with Gasteiger partial charge in [-0.2, -0.15) is 0 Å². The van der Waals surface area contributed by atoms with Crippen LogP contribution in [-0.4, -0.2) is 6.29 Å². The smallest absolute Gasteiger partial charge is 0.145 e. The molecule has 0 N–H and O–H groups in total. The molecule has 0 aliphatic carbocycles. The number of hydrogen-bond acceptors (Lipinski definition) is 1. The summed E-state index contributed by atoms with van der Waals surface area (Å²) in [6.07, 6.45) is 7.91. The van der Waals surface area contributed by atoms with E-state index in [0.717, 1.165) is 18.3 Å². The first kappa shape index (κ1) is 11.4. The lowest BCUT2D eigenvalue weighted by atomic mass is 9.97. The molecule has 0 aliphatic rings. The van der Waals surface area contributed by atoms with E-state index in [0.29, 0.717) is 5.92 Å². The van der Waals surface area contributed by atoms with Gasteiger partial charge < -0.3 is 0 Å². The standard InChI is InChI=1S/C11H20O/c1-4-6-7-11(5-2)8-10(3)9-12/h8-9,11H,4-7H2,1-3H3. The van der Waals surface area contributed by atoms with Crippen molar-refractivity contribution in [3.05, 3.63) is 11.6 Å². The first-order valence-corrected chi connectivity index (χ1v) is 4.88. The SMILES string of the molecule is CCCCC(C=C(C)C=O)CC. The molecule has 0 bridgehead atoms. The number of aldehydes is 1. The van der Waals surface area contributed by atoms with E-state index in [1.54, 1.807) is 0 Å². The second-order valence-electron chi connectivity index (χ2n) is 3.34. The zero-order chi connectivity index (χ0) is 9.40. The zero-order valence-electron chi connectivity index (χ0n) is 8.47. The van der Waals surface area contributed by atoms with Crippen LogP contribution in [0.5, 0.6) is 0 Å². The molecule has 0 aromatic rings. The van der Waals surface area contributed by atoms with Gasteiger partial charge in [-0.05, 0) is 31.3 Å². The largest absolute Gasteiger partial charge is 0.298 e. The summed E-state index contributed by atoms with van der Waals surface area (Å²) < 4.78 is 0. The van der Waals surface area contributed by atoms with Crippen LogP contribution in [0.1, 0.15) is 46.5 Å². The number of hydrogen-bond donors (Lipinski definition) is 0. The molecule has 1 nitrogen and oxygen atoms in total. The van der Waals surface area contributed by atoms with E-state index >= 15 is 0 Å². The molecule has 0 radical (unpaired) electrons. The molecule has 0 heterocycles. The predicted octanol–water partition coefficient (Wildman–Crippen LogP) is 3.35. The van der Waals surface area contributed by atoms with Gasteiger partial charge >= 0.3 is 0 Å². The first-order chi connectivity index (χ1) is 5.74. The van der Waals surface area contributed by atoms with Gasteiger partial charge in [0.2, 0.25) is 0 Å². The fraction of sp³-hybridized carbons (Fsp3) is 0.727. The summed E-state index contributed by atoms with van der Waals surface area (Å²) in [6.45, 7) is 6.25. The highest BCUT2D eigenvalue weighted by molar-refractivity contribution is 5.72. The molecule has 0 saturated carbocycles. The number of allylic oxidation sites excluding steroid dienone is 2. The summed E-state index contributed by atoms with van der Waals surface area (Å²) in [7, 11) is 0. The van der Waals surface area contributed by atoms with E-state index in [2.05, 4.69) is 19.9 Å². The minimum Gasteiger partial charge on any atom is -0.298 e. The third kappa shape index (κ3) is 5.11. The van der Waals surface area contributed by atoms with Gasteiger partial charge in [-0.1, -0.05) is 32.8 Å². The van der Waals surface area contributed by atoms with Crippen molar-refractivity contribution >= 4 is 6.29 Å². The fourth-order valence-corrected chi connectivity index (χ4v) is 1.28. The summed E-state index contributed by atoms with van der Waals surface area (Å²) in [5.74, 6) is 0.607. The maximum absolute atomic E-state index is 10.4. The van der Waals surface area contributed by atoms with Crippen LogP contribution in [0, 0.1) is 5.92 Å². The van der Waals surface area contributed by atoms with Crippen LogP contribution in [0.2, 0.25) is 0 Å². The van der Waals surface area contributed by atoms with Crippen LogP contribution < -0.4 is 0 Å². The molecule has 0 rings (SSSR count). The van der Waals surface area contributed by atoms with Gasteiger partial charge in [0, 0.05) is 0 Å². The van der Waals surface area contributed by atoms with Gasteiger partial charge in [0.25, 0.3) is 0 Å². The average molecular weight is 168 g/mol. The molecule has 1 heteroatoms. The van der Waals surface area contributed by atoms with E-state index in [-0.39, 0.29) is 0 Å². The molecule has 70 valence electrons. The summed E-state index contributed by atoms with van der Waals surface area (Å²) in [6, 6.07) is 0. The van der Waals surface area contributed by atoms with Crippen molar-refractivity contribution in [2.75, 3.05) is 0 Å². The van der Waals surface area contributed by atoms with Crippen LogP contribution in [0.4, 0.5) is 0 Å². The Kier molecular flexibility index (Phi) is 6.73. The third-order valence-electron chi connectivity index (χ3n) is 2.14. The van der Waals surface area contributed by atoms with Crippen molar-refractivity contribution in [2.24, 2.45) is 5.92 Å². The normalized spacial score (nSPS) is 14.4. The number of carbonyl (C=O) groups is 1. The molecule has 1 atom stereocenters. The Balaban J connectivity index is 3.89. The summed E-state index contributed by atoms with van der Waals surface area (Å²) in [5.41, 5.74) is 0.873. The topological polar surface area (TPSA) is 17.1 Å². The lowest BCUT2D eigenvalue weighted by Gasteiger charge is -2.08. The number of rotatable bonds is 6. The lowest BCUT2D eigenvalue weighted by molar-refractivity contribution is -0.104. The van der Waals surface area contributed by atoms with Gasteiger partial charge in [-0.25, -0.2) is 0 Å². The van der Waals surface area contributed by atoms with Gasteiger partial charge in [0.1, 0.15) is 6.29 Å². The molecule has 0 fully saturated rings. The lowest BCUT2D eigenvalue weighted by Crippen LogP contribution is -1.95. The van der Waals surface area contributed by atoms with Crippen LogP contribution >= 0.6 is 0 Å². The van der Waals surface area contributed by atoms with Crippen molar-refractivity contribution in [2.45, 2.75) is 46.5 Å². The molecule has 1 unspecified atom stereocenters. The molecule has 0 aromatic heterocycles. The molecule has 0 spiro atoms. The Bertz CT molecular complexity index is 147. The molecule has 0 aromatic carbocycles. The molecule has 0 saturated heterocycles. The van der Waals surface area contributed by atoms with Crippen molar-refractivity contribution in [3.63, 3.8) is 0 Å². The van der Waals surface area contributed by atoms with E-state index in [4.69, 9.17) is 0 Å². The minimum absolute atomic E-state index is 0.607. The minimum atomic E-state index is 0.607. The maximum Gasteiger partial charge on any atom is 0.145 e.